The van der Waals surface area contributed by atoms with Gasteiger partial charge in [0.15, 0.2) is 0 Å². The molecule has 124 valence electrons. The first-order valence-corrected chi connectivity index (χ1v) is 7.90. The van der Waals surface area contributed by atoms with Crippen molar-refractivity contribution in [2.75, 3.05) is 6.61 Å². The Morgan fingerprint density at radius 1 is 1.43 bits per heavy atom. The Bertz CT molecular complexity index is 787. The average molecular weight is 318 g/mol. The fourth-order valence-corrected chi connectivity index (χ4v) is 3.19. The van der Waals surface area contributed by atoms with Gasteiger partial charge in [-0.2, -0.15) is 0 Å². The molecule has 0 unspecified atom stereocenters. The third-order valence-corrected chi connectivity index (χ3v) is 4.33. The highest BCUT2D eigenvalue weighted by atomic mass is 16.5. The van der Waals surface area contributed by atoms with Crippen molar-refractivity contribution in [1.82, 2.24) is 19.5 Å². The van der Waals surface area contributed by atoms with Crippen LogP contribution < -0.4 is 11.2 Å². The van der Waals surface area contributed by atoms with Crippen LogP contribution in [-0.2, 0) is 17.7 Å². The molecule has 0 saturated carbocycles. The lowest BCUT2D eigenvalue weighted by atomic mass is 9.88. The molecule has 2 aromatic rings. The van der Waals surface area contributed by atoms with Gasteiger partial charge < -0.3 is 14.3 Å². The summed E-state index contributed by atoms with van der Waals surface area (Å²) in [5.74, 6) is 1.41. The fraction of sp³-hybridized carbons (Fsp3) is 0.562. The van der Waals surface area contributed by atoms with Gasteiger partial charge in [0.05, 0.1) is 5.60 Å². The number of aromatic nitrogens is 4. The van der Waals surface area contributed by atoms with Crippen LogP contribution in [0.3, 0.4) is 0 Å². The van der Waals surface area contributed by atoms with E-state index in [9.17, 15) is 9.59 Å². The second-order valence-electron chi connectivity index (χ2n) is 6.62. The molecule has 2 aromatic heterocycles. The average Bonchev–Trinajstić information content (AvgIpc) is 2.94. The summed E-state index contributed by atoms with van der Waals surface area (Å²) in [6.07, 6.45) is 7.66. The molecule has 23 heavy (non-hydrogen) atoms. The normalized spacial score (nSPS) is 20.5. The molecule has 1 aliphatic heterocycles. The monoisotopic (exact) mass is 318 g/mol. The minimum Gasteiger partial charge on any atom is -0.376 e. The zero-order valence-electron chi connectivity index (χ0n) is 13.5. The second-order valence-corrected chi connectivity index (χ2v) is 6.62. The van der Waals surface area contributed by atoms with Crippen LogP contribution in [0.5, 0.6) is 0 Å². The van der Waals surface area contributed by atoms with E-state index in [1.54, 1.807) is 6.20 Å². The third kappa shape index (κ3) is 3.61. The molecule has 0 amide bonds. The largest absolute Gasteiger partial charge is 0.376 e. The second kappa shape index (κ2) is 6.16. The Balaban J connectivity index is 1.74. The van der Waals surface area contributed by atoms with Crippen molar-refractivity contribution < 1.29 is 4.74 Å². The molecule has 2 N–H and O–H groups in total. The molecule has 0 spiro atoms. The van der Waals surface area contributed by atoms with Gasteiger partial charge in [0.1, 0.15) is 5.82 Å². The van der Waals surface area contributed by atoms with Crippen molar-refractivity contribution in [2.24, 2.45) is 0 Å². The molecule has 0 radical (unpaired) electrons. The van der Waals surface area contributed by atoms with Crippen LogP contribution in [0.4, 0.5) is 0 Å². The summed E-state index contributed by atoms with van der Waals surface area (Å²) in [4.78, 5) is 32.1. The zero-order chi connectivity index (χ0) is 16.4. The van der Waals surface area contributed by atoms with Crippen LogP contribution in [-0.4, -0.2) is 31.7 Å². The molecule has 3 rings (SSSR count). The summed E-state index contributed by atoms with van der Waals surface area (Å²) in [5, 5.41) is 0. The van der Waals surface area contributed by atoms with E-state index >= 15 is 0 Å². The maximum atomic E-state index is 11.8. The van der Waals surface area contributed by atoms with Crippen molar-refractivity contribution in [3.05, 3.63) is 50.8 Å². The van der Waals surface area contributed by atoms with Gasteiger partial charge in [-0.05, 0) is 33.1 Å². The third-order valence-electron chi connectivity index (χ3n) is 4.33. The molecule has 0 aromatic carbocycles. The van der Waals surface area contributed by atoms with E-state index in [-0.39, 0.29) is 11.2 Å². The number of aryl methyl sites for hydroxylation is 2. The van der Waals surface area contributed by atoms with Crippen LogP contribution in [0.2, 0.25) is 0 Å². The van der Waals surface area contributed by atoms with Crippen LogP contribution in [0.15, 0.2) is 28.2 Å². The van der Waals surface area contributed by atoms with E-state index in [1.807, 2.05) is 6.20 Å². The van der Waals surface area contributed by atoms with Gasteiger partial charge in [-0.25, -0.2) is 9.78 Å². The predicted octanol–water partition coefficient (Wildman–Crippen LogP) is 1.18. The Hall–Kier alpha value is -2.15. The van der Waals surface area contributed by atoms with Crippen molar-refractivity contribution in [2.45, 2.75) is 51.2 Å². The Morgan fingerprint density at radius 2 is 2.26 bits per heavy atom. The summed E-state index contributed by atoms with van der Waals surface area (Å²) in [5.41, 5.74) is -0.374. The molecule has 1 fully saturated rings. The lowest BCUT2D eigenvalue weighted by molar-refractivity contribution is -0.0606. The van der Waals surface area contributed by atoms with Gasteiger partial charge in [0.2, 0.25) is 0 Å². The topological polar surface area (TPSA) is 92.8 Å². The molecule has 1 aliphatic rings. The van der Waals surface area contributed by atoms with Crippen molar-refractivity contribution in [3.63, 3.8) is 0 Å². The minimum atomic E-state index is -0.480. The highest BCUT2D eigenvalue weighted by molar-refractivity contribution is 5.07. The summed E-state index contributed by atoms with van der Waals surface area (Å²) in [6, 6.07) is 0. The number of aromatic amines is 2. The van der Waals surface area contributed by atoms with Crippen LogP contribution >= 0.6 is 0 Å². The van der Waals surface area contributed by atoms with E-state index in [0.717, 1.165) is 25.3 Å². The molecular formula is C16H22N4O3. The number of imidazole rings is 1. The van der Waals surface area contributed by atoms with Crippen molar-refractivity contribution >= 4 is 0 Å². The minimum absolute atomic E-state index is 0.129. The molecule has 1 saturated heterocycles. The number of hydrogen-bond donors (Lipinski definition) is 2. The molecule has 7 heteroatoms. The lowest BCUT2D eigenvalue weighted by Gasteiger charge is -2.35. The summed E-state index contributed by atoms with van der Waals surface area (Å²) < 4.78 is 7.87. The van der Waals surface area contributed by atoms with Gasteiger partial charge in [0.25, 0.3) is 5.56 Å². The van der Waals surface area contributed by atoms with E-state index in [2.05, 4.69) is 33.4 Å². The summed E-state index contributed by atoms with van der Waals surface area (Å²) in [7, 11) is 0. The first kappa shape index (κ1) is 15.7. The SMILES string of the molecule is CC1(C)C[C@@H](c2nccn2CCc2c[nH]c(=O)[nH]c2=O)CCO1. The highest BCUT2D eigenvalue weighted by Gasteiger charge is 2.31. The maximum Gasteiger partial charge on any atom is 0.325 e. The molecular weight excluding hydrogens is 296 g/mol. The van der Waals surface area contributed by atoms with Crippen molar-refractivity contribution in [1.29, 1.82) is 0 Å². The quantitative estimate of drug-likeness (QED) is 0.885. The van der Waals surface area contributed by atoms with Gasteiger partial charge in [-0.3, -0.25) is 9.78 Å². The molecule has 3 heterocycles. The van der Waals surface area contributed by atoms with Crippen LogP contribution in [0.1, 0.15) is 44.0 Å². The van der Waals surface area contributed by atoms with E-state index in [4.69, 9.17) is 4.74 Å². The van der Waals surface area contributed by atoms with Crippen LogP contribution in [0.25, 0.3) is 0 Å². The van der Waals surface area contributed by atoms with E-state index in [1.165, 1.54) is 6.20 Å². The Kier molecular flexibility index (Phi) is 4.21. The number of H-pyrrole nitrogens is 2. The molecule has 0 aliphatic carbocycles. The summed E-state index contributed by atoms with van der Waals surface area (Å²) in [6.45, 7) is 5.60. The Morgan fingerprint density at radius 3 is 3.00 bits per heavy atom. The molecule has 7 nitrogen and oxygen atoms in total. The number of hydrogen-bond acceptors (Lipinski definition) is 4. The maximum absolute atomic E-state index is 11.8. The van der Waals surface area contributed by atoms with Crippen molar-refractivity contribution in [3.8, 4) is 0 Å². The standard InChI is InChI=1S/C16H22N4O3/c1-16(2)9-11(4-8-23-16)13-17-5-7-20(13)6-3-12-10-18-15(22)19-14(12)21/h5,7,10-11H,3-4,6,8-9H2,1-2H3,(H2,18,19,21,22)/t11-/m0/s1. The molecule has 1 atom stereocenters. The van der Waals surface area contributed by atoms with Gasteiger partial charge in [-0.1, -0.05) is 0 Å². The van der Waals surface area contributed by atoms with Gasteiger partial charge >= 0.3 is 5.69 Å². The Labute approximate surface area is 133 Å². The highest BCUT2D eigenvalue weighted by Crippen LogP contribution is 2.34. The lowest BCUT2D eigenvalue weighted by Crippen LogP contribution is -2.34. The smallest absolute Gasteiger partial charge is 0.325 e. The number of rotatable bonds is 4. The fourth-order valence-electron chi connectivity index (χ4n) is 3.19. The number of nitrogens with zero attached hydrogens (tertiary/aromatic N) is 2. The summed E-state index contributed by atoms with van der Waals surface area (Å²) >= 11 is 0. The molecule has 0 bridgehead atoms. The zero-order valence-corrected chi connectivity index (χ0v) is 13.5. The first-order valence-electron chi connectivity index (χ1n) is 7.90. The van der Waals surface area contributed by atoms with E-state index in [0.29, 0.717) is 24.4 Å². The van der Waals surface area contributed by atoms with Crippen LogP contribution in [0, 0.1) is 0 Å². The van der Waals surface area contributed by atoms with E-state index < -0.39 is 5.69 Å². The number of nitrogens with one attached hydrogen (secondary N) is 2. The van der Waals surface area contributed by atoms with Gasteiger partial charge in [0, 0.05) is 43.2 Å². The van der Waals surface area contributed by atoms with Gasteiger partial charge in [-0.15, -0.1) is 0 Å². The first-order chi connectivity index (χ1) is 10.9. The predicted molar refractivity (Wildman–Crippen MR) is 85.6 cm³/mol. The number of ether oxygens (including phenoxy) is 1.